The summed E-state index contributed by atoms with van der Waals surface area (Å²) >= 11 is 0. The lowest BCUT2D eigenvalue weighted by molar-refractivity contribution is -0.132. The van der Waals surface area contributed by atoms with Gasteiger partial charge in [0.1, 0.15) is 11.5 Å². The van der Waals surface area contributed by atoms with Crippen molar-refractivity contribution < 1.29 is 23.9 Å². The minimum absolute atomic E-state index is 0.0132. The molecule has 1 aliphatic heterocycles. The van der Waals surface area contributed by atoms with E-state index >= 15 is 0 Å². The third kappa shape index (κ3) is 5.14. The average Bonchev–Trinajstić information content (AvgIpc) is 2.75. The minimum Gasteiger partial charge on any atom is -0.481 e. The summed E-state index contributed by atoms with van der Waals surface area (Å²) in [6.45, 7) is 7.32. The Morgan fingerprint density at radius 1 is 1.13 bits per heavy atom. The predicted molar refractivity (Wildman–Crippen MR) is 116 cm³/mol. The molecule has 0 spiro atoms. The summed E-state index contributed by atoms with van der Waals surface area (Å²) in [6, 6.07) is 12.8. The molecule has 2 aromatic carbocycles. The molecule has 0 radical (unpaired) electrons. The molecule has 0 saturated heterocycles. The number of nitrogens with one attached hydrogen (secondary N) is 2. The highest BCUT2D eigenvalue weighted by atomic mass is 16.5. The number of hydrogen-bond donors (Lipinski definition) is 2. The smallest absolute Gasteiger partial charge is 0.279 e. The quantitative estimate of drug-likeness (QED) is 0.693. The second-order valence-corrected chi connectivity index (χ2v) is 7.46. The molecule has 2 atom stereocenters. The van der Waals surface area contributed by atoms with Crippen LogP contribution in [0.2, 0.25) is 0 Å². The number of ether oxygens (including phenoxy) is 2. The number of fused-ring (bicyclic) bond motifs is 1. The van der Waals surface area contributed by atoms with Crippen molar-refractivity contribution in [1.29, 1.82) is 0 Å². The minimum atomic E-state index is -0.797. The number of nitrogens with zero attached hydrogens (tertiary/aromatic N) is 1. The molecule has 31 heavy (non-hydrogen) atoms. The van der Waals surface area contributed by atoms with Crippen LogP contribution in [0.1, 0.15) is 31.4 Å². The number of benzene rings is 2. The van der Waals surface area contributed by atoms with Crippen LogP contribution in [0.15, 0.2) is 42.5 Å². The number of anilines is 1. The van der Waals surface area contributed by atoms with Crippen LogP contribution < -0.4 is 25.2 Å². The lowest BCUT2D eigenvalue weighted by Gasteiger charge is -2.32. The van der Waals surface area contributed by atoms with Crippen LogP contribution in [0.3, 0.4) is 0 Å². The first-order chi connectivity index (χ1) is 14.8. The van der Waals surface area contributed by atoms with Crippen molar-refractivity contribution in [3.05, 3.63) is 53.6 Å². The van der Waals surface area contributed by atoms with Crippen LogP contribution in [-0.2, 0) is 14.4 Å². The third-order valence-corrected chi connectivity index (χ3v) is 5.19. The van der Waals surface area contributed by atoms with Crippen molar-refractivity contribution in [2.24, 2.45) is 0 Å². The highest BCUT2D eigenvalue weighted by Crippen LogP contribution is 2.33. The highest BCUT2D eigenvalue weighted by Gasteiger charge is 2.31. The maximum atomic E-state index is 12.5. The van der Waals surface area contributed by atoms with Crippen molar-refractivity contribution in [3.8, 4) is 11.5 Å². The van der Waals surface area contributed by atoms with Crippen molar-refractivity contribution in [3.63, 3.8) is 0 Å². The topological polar surface area (TPSA) is 97.0 Å². The SMILES string of the molecule is Cc1cccc(O[C@H](C)C(=O)NNC(=O)CCN2C(=O)[C@@H](C)Oc3ccccc32)c1C. The van der Waals surface area contributed by atoms with Crippen molar-refractivity contribution >= 4 is 23.4 Å². The van der Waals surface area contributed by atoms with Gasteiger partial charge in [-0.1, -0.05) is 24.3 Å². The van der Waals surface area contributed by atoms with Gasteiger partial charge in [0.2, 0.25) is 5.91 Å². The normalized spacial score (nSPS) is 16.1. The first kappa shape index (κ1) is 22.1. The van der Waals surface area contributed by atoms with Gasteiger partial charge >= 0.3 is 0 Å². The van der Waals surface area contributed by atoms with Gasteiger partial charge in [-0.05, 0) is 57.0 Å². The van der Waals surface area contributed by atoms with Gasteiger partial charge in [-0.25, -0.2) is 0 Å². The molecular weight excluding hydrogens is 398 g/mol. The van der Waals surface area contributed by atoms with E-state index in [0.29, 0.717) is 17.2 Å². The molecule has 0 saturated carbocycles. The summed E-state index contributed by atoms with van der Waals surface area (Å²) < 4.78 is 11.3. The first-order valence-corrected chi connectivity index (χ1v) is 10.2. The number of hydrogen-bond acceptors (Lipinski definition) is 5. The van der Waals surface area contributed by atoms with Gasteiger partial charge in [0.25, 0.3) is 11.8 Å². The Morgan fingerprint density at radius 3 is 2.65 bits per heavy atom. The highest BCUT2D eigenvalue weighted by molar-refractivity contribution is 6.00. The Hall–Kier alpha value is -3.55. The summed E-state index contributed by atoms with van der Waals surface area (Å²) in [5.41, 5.74) is 7.39. The van der Waals surface area contributed by atoms with Gasteiger partial charge in [-0.15, -0.1) is 0 Å². The number of para-hydroxylation sites is 2. The molecule has 8 nitrogen and oxygen atoms in total. The van der Waals surface area contributed by atoms with E-state index in [2.05, 4.69) is 10.9 Å². The Labute approximate surface area is 181 Å². The van der Waals surface area contributed by atoms with Crippen LogP contribution in [-0.4, -0.2) is 36.5 Å². The van der Waals surface area contributed by atoms with Crippen molar-refractivity contribution in [1.82, 2.24) is 10.9 Å². The third-order valence-electron chi connectivity index (χ3n) is 5.19. The summed E-state index contributed by atoms with van der Waals surface area (Å²) in [7, 11) is 0. The Balaban J connectivity index is 1.50. The van der Waals surface area contributed by atoms with Gasteiger partial charge < -0.3 is 14.4 Å². The molecule has 8 heteroatoms. The number of rotatable bonds is 6. The zero-order valence-electron chi connectivity index (χ0n) is 18.1. The predicted octanol–water partition coefficient (Wildman–Crippen LogP) is 2.42. The van der Waals surface area contributed by atoms with E-state index in [4.69, 9.17) is 9.47 Å². The van der Waals surface area contributed by atoms with Gasteiger partial charge in [-0.2, -0.15) is 0 Å². The van der Waals surface area contributed by atoms with Crippen LogP contribution in [0, 0.1) is 13.8 Å². The molecule has 3 amide bonds. The molecule has 1 heterocycles. The van der Waals surface area contributed by atoms with Gasteiger partial charge in [-0.3, -0.25) is 25.2 Å². The summed E-state index contributed by atoms with van der Waals surface area (Å²) in [5.74, 6) is 0.104. The molecule has 0 aliphatic carbocycles. The Morgan fingerprint density at radius 2 is 1.87 bits per heavy atom. The monoisotopic (exact) mass is 425 g/mol. The van der Waals surface area contributed by atoms with E-state index in [1.165, 1.54) is 4.90 Å². The van der Waals surface area contributed by atoms with E-state index in [0.717, 1.165) is 11.1 Å². The number of hydrazine groups is 1. The number of amides is 3. The Kier molecular flexibility index (Phi) is 6.79. The zero-order chi connectivity index (χ0) is 22.5. The molecule has 0 aromatic heterocycles. The summed E-state index contributed by atoms with van der Waals surface area (Å²) in [4.78, 5) is 38.5. The van der Waals surface area contributed by atoms with Gasteiger partial charge in [0.15, 0.2) is 12.2 Å². The van der Waals surface area contributed by atoms with E-state index in [1.807, 2.05) is 32.0 Å². The molecule has 2 N–H and O–H groups in total. The molecule has 0 unspecified atom stereocenters. The first-order valence-electron chi connectivity index (χ1n) is 10.2. The number of carbonyl (C=O) groups is 3. The van der Waals surface area contributed by atoms with Crippen LogP contribution in [0.25, 0.3) is 0 Å². The summed E-state index contributed by atoms with van der Waals surface area (Å²) in [6.07, 6.45) is -1.41. The molecule has 164 valence electrons. The fourth-order valence-corrected chi connectivity index (χ4v) is 3.19. The Bertz CT molecular complexity index is 991. The maximum Gasteiger partial charge on any atom is 0.279 e. The summed E-state index contributed by atoms with van der Waals surface area (Å²) in [5, 5.41) is 0. The molecule has 1 aliphatic rings. The molecular formula is C23H27N3O5. The standard InChI is InChI=1S/C23H27N3O5/c1-14-8-7-11-19(15(14)2)30-16(3)22(28)25-24-21(27)12-13-26-18-9-5-6-10-20(18)31-17(4)23(26)29/h5-11,16-17H,12-13H2,1-4H3,(H,24,27)(H,25,28)/t16-,17-/m1/s1. The van der Waals surface area contributed by atoms with E-state index in [1.54, 1.807) is 38.1 Å². The molecule has 2 aromatic rings. The lowest BCUT2D eigenvalue weighted by Crippen LogP contribution is -2.49. The largest absolute Gasteiger partial charge is 0.481 e. The fraction of sp³-hybridized carbons (Fsp3) is 0.348. The second-order valence-electron chi connectivity index (χ2n) is 7.46. The zero-order valence-corrected chi connectivity index (χ0v) is 18.1. The van der Waals surface area contributed by atoms with Crippen LogP contribution in [0.5, 0.6) is 11.5 Å². The second kappa shape index (κ2) is 9.51. The van der Waals surface area contributed by atoms with Crippen LogP contribution in [0.4, 0.5) is 5.69 Å². The molecule has 0 bridgehead atoms. The van der Waals surface area contributed by atoms with E-state index < -0.39 is 24.0 Å². The van der Waals surface area contributed by atoms with Gasteiger partial charge in [0.05, 0.1) is 5.69 Å². The molecule has 3 rings (SSSR count). The van der Waals surface area contributed by atoms with E-state index in [9.17, 15) is 14.4 Å². The maximum absolute atomic E-state index is 12.5. The van der Waals surface area contributed by atoms with Crippen LogP contribution >= 0.6 is 0 Å². The van der Waals surface area contributed by atoms with E-state index in [-0.39, 0.29) is 18.9 Å². The number of aryl methyl sites for hydroxylation is 1. The molecule has 0 fully saturated rings. The van der Waals surface area contributed by atoms with Crippen molar-refractivity contribution in [2.75, 3.05) is 11.4 Å². The van der Waals surface area contributed by atoms with Crippen molar-refractivity contribution in [2.45, 2.75) is 46.3 Å². The fourth-order valence-electron chi connectivity index (χ4n) is 3.19. The lowest BCUT2D eigenvalue weighted by atomic mass is 10.1. The van der Waals surface area contributed by atoms with Gasteiger partial charge in [0, 0.05) is 13.0 Å². The number of carbonyl (C=O) groups excluding carboxylic acids is 3. The average molecular weight is 425 g/mol.